The Morgan fingerprint density at radius 2 is 1.88 bits per heavy atom. The zero-order valence-corrected chi connectivity index (χ0v) is 11.4. The van der Waals surface area contributed by atoms with Crippen molar-refractivity contribution in [2.24, 2.45) is 5.73 Å². The first-order chi connectivity index (χ1) is 7.99. The molecule has 0 saturated heterocycles. The van der Waals surface area contributed by atoms with Crippen LogP contribution in [0.15, 0.2) is 29.2 Å². The van der Waals surface area contributed by atoms with Crippen LogP contribution in [-0.2, 0) is 11.3 Å². The van der Waals surface area contributed by atoms with Gasteiger partial charge in [0.1, 0.15) is 0 Å². The molecule has 1 aromatic carbocycles. The lowest BCUT2D eigenvalue weighted by Crippen LogP contribution is -2.22. The standard InChI is InChI=1S/C13H20N2OS/c1-9(2)15-8-11-4-6-12(7-5-11)17-10(3)13(14)16/h4-7,9-10,15H,8H2,1-3H3,(H2,14,16). The van der Waals surface area contributed by atoms with Gasteiger partial charge >= 0.3 is 0 Å². The highest BCUT2D eigenvalue weighted by atomic mass is 32.2. The zero-order chi connectivity index (χ0) is 12.8. The van der Waals surface area contributed by atoms with Crippen LogP contribution >= 0.6 is 11.8 Å². The molecule has 1 atom stereocenters. The SMILES string of the molecule is CC(C)NCc1ccc(SC(C)C(N)=O)cc1. The molecular weight excluding hydrogens is 232 g/mol. The summed E-state index contributed by atoms with van der Waals surface area (Å²) in [5, 5.41) is 3.17. The molecule has 3 N–H and O–H groups in total. The molecule has 94 valence electrons. The molecule has 1 rings (SSSR count). The minimum absolute atomic E-state index is 0.186. The molecule has 0 heterocycles. The Morgan fingerprint density at radius 3 is 2.35 bits per heavy atom. The van der Waals surface area contributed by atoms with Crippen molar-refractivity contribution in [2.75, 3.05) is 0 Å². The Kier molecular flexibility index (Phi) is 5.51. The molecule has 0 bridgehead atoms. The third-order valence-electron chi connectivity index (χ3n) is 2.35. The summed E-state index contributed by atoms with van der Waals surface area (Å²) in [6.07, 6.45) is 0. The van der Waals surface area contributed by atoms with E-state index >= 15 is 0 Å². The van der Waals surface area contributed by atoms with Crippen LogP contribution in [0.2, 0.25) is 0 Å². The molecule has 0 aliphatic carbocycles. The third-order valence-corrected chi connectivity index (χ3v) is 3.48. The molecule has 17 heavy (non-hydrogen) atoms. The fraction of sp³-hybridized carbons (Fsp3) is 0.462. The largest absolute Gasteiger partial charge is 0.369 e. The van der Waals surface area contributed by atoms with E-state index in [1.165, 1.54) is 17.3 Å². The van der Waals surface area contributed by atoms with Gasteiger partial charge in [0.05, 0.1) is 5.25 Å². The lowest BCUT2D eigenvalue weighted by atomic mass is 10.2. The monoisotopic (exact) mass is 252 g/mol. The maximum atomic E-state index is 10.9. The molecule has 0 spiro atoms. The topological polar surface area (TPSA) is 55.1 Å². The maximum absolute atomic E-state index is 10.9. The van der Waals surface area contributed by atoms with Crippen LogP contribution in [0, 0.1) is 0 Å². The number of nitrogens with two attached hydrogens (primary N) is 1. The Morgan fingerprint density at radius 1 is 1.29 bits per heavy atom. The van der Waals surface area contributed by atoms with Crippen molar-refractivity contribution in [2.45, 2.75) is 43.5 Å². The predicted molar refractivity (Wildman–Crippen MR) is 72.9 cm³/mol. The van der Waals surface area contributed by atoms with Crippen molar-refractivity contribution >= 4 is 17.7 Å². The van der Waals surface area contributed by atoms with E-state index in [9.17, 15) is 4.79 Å². The van der Waals surface area contributed by atoms with Crippen LogP contribution in [0.1, 0.15) is 26.3 Å². The van der Waals surface area contributed by atoms with Gasteiger partial charge in [-0.3, -0.25) is 4.79 Å². The van der Waals surface area contributed by atoms with Crippen LogP contribution in [0.5, 0.6) is 0 Å². The minimum atomic E-state index is -0.277. The second-order valence-electron chi connectivity index (χ2n) is 4.34. The molecule has 0 aliphatic heterocycles. The van der Waals surface area contributed by atoms with E-state index < -0.39 is 0 Å². The highest BCUT2D eigenvalue weighted by Gasteiger charge is 2.09. The summed E-state index contributed by atoms with van der Waals surface area (Å²) in [4.78, 5) is 12.0. The molecule has 3 nitrogen and oxygen atoms in total. The summed E-state index contributed by atoms with van der Waals surface area (Å²) < 4.78 is 0. The molecule has 0 aliphatic rings. The molecule has 0 radical (unpaired) electrons. The summed E-state index contributed by atoms with van der Waals surface area (Å²) >= 11 is 1.49. The van der Waals surface area contributed by atoms with Crippen molar-refractivity contribution in [3.63, 3.8) is 0 Å². The Balaban J connectivity index is 2.53. The summed E-state index contributed by atoms with van der Waals surface area (Å²) in [5.74, 6) is -0.277. The van der Waals surface area contributed by atoms with E-state index in [1.807, 2.05) is 19.1 Å². The van der Waals surface area contributed by atoms with E-state index in [4.69, 9.17) is 5.73 Å². The lowest BCUT2D eigenvalue weighted by molar-refractivity contribution is -0.117. The van der Waals surface area contributed by atoms with Gasteiger partial charge in [-0.2, -0.15) is 0 Å². The van der Waals surface area contributed by atoms with Gasteiger partial charge in [0.2, 0.25) is 5.91 Å². The van der Waals surface area contributed by atoms with Crippen LogP contribution in [0.4, 0.5) is 0 Å². The Hall–Kier alpha value is -1.00. The summed E-state index contributed by atoms with van der Waals surface area (Å²) in [6, 6.07) is 8.69. The second-order valence-corrected chi connectivity index (χ2v) is 5.76. The van der Waals surface area contributed by atoms with E-state index in [1.54, 1.807) is 0 Å². The number of hydrogen-bond acceptors (Lipinski definition) is 3. The quantitative estimate of drug-likeness (QED) is 0.763. The number of thioether (sulfide) groups is 1. The number of primary amides is 1. The van der Waals surface area contributed by atoms with Crippen molar-refractivity contribution in [3.05, 3.63) is 29.8 Å². The number of rotatable bonds is 6. The Bertz CT molecular complexity index is 362. The molecule has 1 unspecified atom stereocenters. The van der Waals surface area contributed by atoms with Crippen LogP contribution in [0.3, 0.4) is 0 Å². The van der Waals surface area contributed by atoms with Crippen LogP contribution < -0.4 is 11.1 Å². The smallest absolute Gasteiger partial charge is 0.230 e. The van der Waals surface area contributed by atoms with E-state index in [-0.39, 0.29) is 11.2 Å². The number of carbonyl (C=O) groups excluding carboxylic acids is 1. The molecular formula is C13H20N2OS. The first-order valence-corrected chi connectivity index (χ1v) is 6.65. The number of benzene rings is 1. The van der Waals surface area contributed by atoms with Gasteiger partial charge in [-0.15, -0.1) is 11.8 Å². The van der Waals surface area contributed by atoms with Gasteiger partial charge in [0.25, 0.3) is 0 Å². The molecule has 0 saturated carbocycles. The fourth-order valence-corrected chi connectivity index (χ4v) is 2.09. The number of nitrogens with one attached hydrogen (secondary N) is 1. The molecule has 0 fully saturated rings. The Labute approximate surface area is 107 Å². The predicted octanol–water partition coefficient (Wildman–Crippen LogP) is 2.15. The molecule has 4 heteroatoms. The summed E-state index contributed by atoms with van der Waals surface area (Å²) in [5.41, 5.74) is 6.47. The third kappa shape index (κ3) is 5.24. The normalized spacial score (nSPS) is 12.7. The van der Waals surface area contributed by atoms with Crippen LogP contribution in [-0.4, -0.2) is 17.2 Å². The molecule has 1 aromatic rings. The van der Waals surface area contributed by atoms with E-state index in [0.717, 1.165) is 11.4 Å². The first kappa shape index (κ1) is 14.1. The average Bonchev–Trinajstić information content (AvgIpc) is 2.28. The maximum Gasteiger partial charge on any atom is 0.230 e. The molecule has 1 amide bonds. The second kappa shape index (κ2) is 6.67. The van der Waals surface area contributed by atoms with Crippen molar-refractivity contribution < 1.29 is 4.79 Å². The summed E-state index contributed by atoms with van der Waals surface area (Å²) in [7, 11) is 0. The van der Waals surface area contributed by atoms with E-state index in [0.29, 0.717) is 6.04 Å². The number of hydrogen-bond donors (Lipinski definition) is 2. The average molecular weight is 252 g/mol. The van der Waals surface area contributed by atoms with Crippen molar-refractivity contribution in [3.8, 4) is 0 Å². The number of amides is 1. The summed E-state index contributed by atoms with van der Waals surface area (Å²) in [6.45, 7) is 6.94. The minimum Gasteiger partial charge on any atom is -0.369 e. The van der Waals surface area contributed by atoms with Gasteiger partial charge in [-0.05, 0) is 24.6 Å². The van der Waals surface area contributed by atoms with Gasteiger partial charge < -0.3 is 11.1 Å². The first-order valence-electron chi connectivity index (χ1n) is 5.77. The molecule has 0 aromatic heterocycles. The zero-order valence-electron chi connectivity index (χ0n) is 10.6. The lowest BCUT2D eigenvalue weighted by Gasteiger charge is -2.10. The van der Waals surface area contributed by atoms with Gasteiger partial charge in [0, 0.05) is 17.5 Å². The van der Waals surface area contributed by atoms with Crippen LogP contribution in [0.25, 0.3) is 0 Å². The van der Waals surface area contributed by atoms with Gasteiger partial charge in [-0.1, -0.05) is 26.0 Å². The van der Waals surface area contributed by atoms with E-state index in [2.05, 4.69) is 31.3 Å². The highest BCUT2D eigenvalue weighted by Crippen LogP contribution is 2.23. The van der Waals surface area contributed by atoms with Gasteiger partial charge in [0.15, 0.2) is 0 Å². The van der Waals surface area contributed by atoms with Gasteiger partial charge in [-0.25, -0.2) is 0 Å². The highest BCUT2D eigenvalue weighted by molar-refractivity contribution is 8.00. The van der Waals surface area contributed by atoms with Crippen molar-refractivity contribution in [1.82, 2.24) is 5.32 Å². The fourth-order valence-electron chi connectivity index (χ4n) is 1.27. The van der Waals surface area contributed by atoms with Crippen molar-refractivity contribution in [1.29, 1.82) is 0 Å². The number of carbonyl (C=O) groups is 1.